The first kappa shape index (κ1) is 7.39. The van der Waals surface area contributed by atoms with Crippen LogP contribution in [0, 0.1) is 0 Å². The van der Waals surface area contributed by atoms with Gasteiger partial charge < -0.3 is 14.2 Å². The maximum atomic E-state index is 6.05. The molecule has 2 spiro atoms. The van der Waals surface area contributed by atoms with Crippen molar-refractivity contribution in [3.05, 3.63) is 35.4 Å². The maximum absolute atomic E-state index is 6.05. The van der Waals surface area contributed by atoms with Gasteiger partial charge in [-0.2, -0.15) is 0 Å². The zero-order valence-electron chi connectivity index (χ0n) is 8.10. The fourth-order valence-electron chi connectivity index (χ4n) is 3.38. The molecule has 3 saturated heterocycles. The first-order valence-electron chi connectivity index (χ1n) is 5.40. The molecule has 0 aromatic heterocycles. The molecule has 1 aromatic rings. The lowest BCUT2D eigenvalue weighted by Gasteiger charge is -2.23. The minimum atomic E-state index is -0.133. The predicted octanol–water partition coefficient (Wildman–Crippen LogP) is 1.35. The molecular weight excluding hydrogens is 192 g/mol. The van der Waals surface area contributed by atoms with Gasteiger partial charge in [-0.1, -0.05) is 24.3 Å². The van der Waals surface area contributed by atoms with E-state index in [-0.39, 0.29) is 23.4 Å². The molecule has 15 heavy (non-hydrogen) atoms. The number of rotatable bonds is 0. The summed E-state index contributed by atoms with van der Waals surface area (Å²) in [5, 5.41) is 0. The molecule has 4 heterocycles. The van der Waals surface area contributed by atoms with Crippen molar-refractivity contribution in [2.24, 2.45) is 0 Å². The highest BCUT2D eigenvalue weighted by molar-refractivity contribution is 5.49. The van der Waals surface area contributed by atoms with Gasteiger partial charge in [-0.05, 0) is 11.1 Å². The van der Waals surface area contributed by atoms with Crippen molar-refractivity contribution in [2.45, 2.75) is 23.4 Å². The molecule has 0 N–H and O–H groups in total. The third kappa shape index (κ3) is 0.572. The molecule has 3 nitrogen and oxygen atoms in total. The van der Waals surface area contributed by atoms with Gasteiger partial charge in [0.2, 0.25) is 0 Å². The molecule has 76 valence electrons. The SMILES string of the molecule is c1ccc2c(c1)[C@H]1O[C@@H]2[C@]2(CO2)[C@@]12CO2. The highest BCUT2D eigenvalue weighted by Gasteiger charge is 2.84. The number of ether oxygens (including phenoxy) is 3. The minimum absolute atomic E-state index is 0.112. The third-order valence-corrected chi connectivity index (χ3v) is 4.31. The summed E-state index contributed by atoms with van der Waals surface area (Å²) in [6, 6.07) is 8.44. The second-order valence-corrected chi connectivity index (χ2v) is 4.88. The van der Waals surface area contributed by atoms with Crippen LogP contribution in [0.5, 0.6) is 0 Å². The number of fused-ring (bicyclic) bond motifs is 8. The Kier molecular flexibility index (Phi) is 0.917. The number of hydrogen-bond acceptors (Lipinski definition) is 3. The summed E-state index contributed by atoms with van der Waals surface area (Å²) in [6.45, 7) is 1.59. The third-order valence-electron chi connectivity index (χ3n) is 4.31. The summed E-state index contributed by atoms with van der Waals surface area (Å²) < 4.78 is 17.4. The van der Waals surface area contributed by atoms with E-state index in [1.54, 1.807) is 0 Å². The van der Waals surface area contributed by atoms with E-state index in [1.165, 1.54) is 11.1 Å². The number of hydrogen-bond donors (Lipinski definition) is 0. The molecule has 0 unspecified atom stereocenters. The average molecular weight is 202 g/mol. The smallest absolute Gasteiger partial charge is 0.156 e. The van der Waals surface area contributed by atoms with Gasteiger partial charge in [0.25, 0.3) is 0 Å². The van der Waals surface area contributed by atoms with Crippen LogP contribution in [0.15, 0.2) is 24.3 Å². The highest BCUT2D eigenvalue weighted by atomic mass is 16.7. The minimum Gasteiger partial charge on any atom is -0.363 e. The van der Waals surface area contributed by atoms with Crippen LogP contribution >= 0.6 is 0 Å². The predicted molar refractivity (Wildman–Crippen MR) is 50.4 cm³/mol. The van der Waals surface area contributed by atoms with Crippen molar-refractivity contribution >= 4 is 0 Å². The van der Waals surface area contributed by atoms with E-state index in [1.807, 2.05) is 0 Å². The van der Waals surface area contributed by atoms with Crippen molar-refractivity contribution in [1.82, 2.24) is 0 Å². The molecule has 4 aliphatic rings. The normalized spacial score (nSPS) is 52.5. The number of epoxide rings is 2. The number of benzene rings is 1. The second kappa shape index (κ2) is 1.86. The van der Waals surface area contributed by atoms with E-state index < -0.39 is 0 Å². The monoisotopic (exact) mass is 202 g/mol. The van der Waals surface area contributed by atoms with Gasteiger partial charge in [0, 0.05) is 0 Å². The zero-order valence-corrected chi connectivity index (χ0v) is 8.10. The van der Waals surface area contributed by atoms with Crippen LogP contribution in [0.4, 0.5) is 0 Å². The molecule has 4 aliphatic heterocycles. The molecule has 0 radical (unpaired) electrons. The van der Waals surface area contributed by atoms with E-state index >= 15 is 0 Å². The molecular formula is C12H10O3. The summed E-state index contributed by atoms with van der Waals surface area (Å²) in [6.07, 6.45) is 0.224. The largest absolute Gasteiger partial charge is 0.363 e. The van der Waals surface area contributed by atoms with Crippen LogP contribution in [-0.2, 0) is 14.2 Å². The van der Waals surface area contributed by atoms with Gasteiger partial charge >= 0.3 is 0 Å². The van der Waals surface area contributed by atoms with Gasteiger partial charge in [0.1, 0.15) is 12.2 Å². The van der Waals surface area contributed by atoms with E-state index in [0.29, 0.717) is 0 Å². The molecule has 4 atom stereocenters. The Labute approximate surface area is 86.9 Å². The lowest BCUT2D eigenvalue weighted by atomic mass is 9.76. The van der Waals surface area contributed by atoms with Crippen LogP contribution < -0.4 is 0 Å². The zero-order chi connectivity index (χ0) is 9.67. The Morgan fingerprint density at radius 2 is 1.40 bits per heavy atom. The standard InChI is InChI=1S/C12H10O3/c1-2-4-8-7(3-1)9-11(5-13-11)12(6-14-12)10(8)15-9/h1-4,9-10H,5-6H2/t9-,10+,11-,12-/m1/s1. The van der Waals surface area contributed by atoms with Crippen LogP contribution in [-0.4, -0.2) is 24.4 Å². The van der Waals surface area contributed by atoms with Gasteiger partial charge in [0.05, 0.1) is 13.2 Å². The second-order valence-electron chi connectivity index (χ2n) is 4.88. The summed E-state index contributed by atoms with van der Waals surface area (Å²) in [7, 11) is 0. The van der Waals surface area contributed by atoms with E-state index in [4.69, 9.17) is 14.2 Å². The van der Waals surface area contributed by atoms with Gasteiger partial charge in [-0.25, -0.2) is 0 Å². The Hall–Kier alpha value is -0.900. The van der Waals surface area contributed by atoms with Crippen molar-refractivity contribution in [1.29, 1.82) is 0 Å². The van der Waals surface area contributed by atoms with Gasteiger partial charge in [-0.3, -0.25) is 0 Å². The lowest BCUT2D eigenvalue weighted by molar-refractivity contribution is 0.0460. The molecule has 0 aliphatic carbocycles. The first-order valence-corrected chi connectivity index (χ1v) is 5.40. The summed E-state index contributed by atoms with van der Waals surface area (Å²) in [5.74, 6) is 0. The van der Waals surface area contributed by atoms with Crippen LogP contribution in [0.1, 0.15) is 23.3 Å². The molecule has 3 fully saturated rings. The molecule has 2 bridgehead atoms. The van der Waals surface area contributed by atoms with Crippen molar-refractivity contribution in [3.63, 3.8) is 0 Å². The lowest BCUT2D eigenvalue weighted by Crippen LogP contribution is -2.38. The first-order chi connectivity index (χ1) is 7.37. The summed E-state index contributed by atoms with van der Waals surface area (Å²) in [4.78, 5) is 0. The molecule has 0 amide bonds. The van der Waals surface area contributed by atoms with Crippen molar-refractivity contribution < 1.29 is 14.2 Å². The van der Waals surface area contributed by atoms with E-state index in [9.17, 15) is 0 Å². The summed E-state index contributed by atoms with van der Waals surface area (Å²) in [5.41, 5.74) is 2.35. The fourth-order valence-corrected chi connectivity index (χ4v) is 3.38. The molecule has 3 heteroatoms. The average Bonchev–Trinajstić information content (AvgIpc) is 3.13. The Balaban J connectivity index is 1.82. The van der Waals surface area contributed by atoms with Crippen LogP contribution in [0.2, 0.25) is 0 Å². The van der Waals surface area contributed by atoms with Crippen LogP contribution in [0.25, 0.3) is 0 Å². The van der Waals surface area contributed by atoms with Crippen molar-refractivity contribution in [2.75, 3.05) is 13.2 Å². The fraction of sp³-hybridized carbons (Fsp3) is 0.500. The Bertz CT molecular complexity index is 431. The van der Waals surface area contributed by atoms with Gasteiger partial charge in [-0.15, -0.1) is 0 Å². The molecule has 1 aromatic carbocycles. The molecule has 0 saturated carbocycles. The van der Waals surface area contributed by atoms with Crippen LogP contribution in [0.3, 0.4) is 0 Å². The van der Waals surface area contributed by atoms with E-state index in [2.05, 4.69) is 24.3 Å². The quantitative estimate of drug-likeness (QED) is 0.595. The maximum Gasteiger partial charge on any atom is 0.156 e. The topological polar surface area (TPSA) is 34.3 Å². The van der Waals surface area contributed by atoms with E-state index in [0.717, 1.165) is 13.2 Å². The van der Waals surface area contributed by atoms with Crippen molar-refractivity contribution in [3.8, 4) is 0 Å². The Morgan fingerprint density at radius 3 is 1.80 bits per heavy atom. The molecule has 5 rings (SSSR count). The van der Waals surface area contributed by atoms with Gasteiger partial charge in [0.15, 0.2) is 11.2 Å². The highest BCUT2D eigenvalue weighted by Crippen LogP contribution is 2.72. The summed E-state index contributed by atoms with van der Waals surface area (Å²) >= 11 is 0. The Morgan fingerprint density at radius 1 is 0.933 bits per heavy atom.